The monoisotopic (exact) mass is 207 g/mol. The summed E-state index contributed by atoms with van der Waals surface area (Å²) in [6, 6.07) is 6.91. The molecule has 1 aromatic rings. The van der Waals surface area contributed by atoms with Crippen molar-refractivity contribution in [3.05, 3.63) is 29.8 Å². The van der Waals surface area contributed by atoms with Crippen molar-refractivity contribution >= 4 is 5.91 Å². The van der Waals surface area contributed by atoms with Crippen LogP contribution in [0, 0.1) is 0 Å². The van der Waals surface area contributed by atoms with Crippen LogP contribution in [0.5, 0.6) is 5.75 Å². The van der Waals surface area contributed by atoms with Crippen molar-refractivity contribution in [1.29, 1.82) is 0 Å². The maximum atomic E-state index is 12.0. The van der Waals surface area contributed by atoms with E-state index >= 15 is 0 Å². The van der Waals surface area contributed by atoms with E-state index in [1.807, 2.05) is 6.07 Å². The van der Waals surface area contributed by atoms with E-state index < -0.39 is 0 Å². The van der Waals surface area contributed by atoms with Crippen LogP contribution in [0.2, 0.25) is 0 Å². The molecule has 0 aromatic heterocycles. The van der Waals surface area contributed by atoms with Crippen LogP contribution < -0.4 is 4.74 Å². The van der Waals surface area contributed by atoms with Gasteiger partial charge in [-0.25, -0.2) is 0 Å². The maximum Gasteiger partial charge on any atom is 0.260 e. The topological polar surface area (TPSA) is 49.8 Å². The van der Waals surface area contributed by atoms with E-state index in [0.29, 0.717) is 11.3 Å². The van der Waals surface area contributed by atoms with Gasteiger partial charge in [-0.3, -0.25) is 4.79 Å². The van der Waals surface area contributed by atoms with Gasteiger partial charge in [0, 0.05) is 0 Å². The molecular weight excluding hydrogens is 194 g/mol. The van der Waals surface area contributed by atoms with E-state index in [4.69, 9.17) is 9.84 Å². The van der Waals surface area contributed by atoms with Crippen LogP contribution in [-0.4, -0.2) is 35.3 Å². The predicted octanol–water partition coefficient (Wildman–Crippen LogP) is 0.860. The van der Waals surface area contributed by atoms with Crippen LogP contribution in [0.4, 0.5) is 0 Å². The van der Waals surface area contributed by atoms with Crippen LogP contribution in [0.3, 0.4) is 0 Å². The van der Waals surface area contributed by atoms with Gasteiger partial charge in [-0.1, -0.05) is 12.1 Å². The Morgan fingerprint density at radius 1 is 1.53 bits per heavy atom. The number of nitrogens with zero attached hydrogens (tertiary/aromatic N) is 1. The van der Waals surface area contributed by atoms with Gasteiger partial charge in [-0.15, -0.1) is 0 Å². The third-order valence-corrected chi connectivity index (χ3v) is 2.53. The fourth-order valence-electron chi connectivity index (χ4n) is 1.55. The molecule has 0 radical (unpaired) electrons. The molecule has 0 saturated carbocycles. The smallest absolute Gasteiger partial charge is 0.260 e. The minimum Gasteiger partial charge on any atom is -0.472 e. The first-order valence-corrected chi connectivity index (χ1v) is 4.87. The van der Waals surface area contributed by atoms with Gasteiger partial charge in [-0.2, -0.15) is 0 Å². The third-order valence-electron chi connectivity index (χ3n) is 2.53. The average molecular weight is 207 g/mol. The van der Waals surface area contributed by atoms with Crippen molar-refractivity contribution < 1.29 is 14.6 Å². The predicted molar refractivity (Wildman–Crippen MR) is 54.7 cm³/mol. The second-order valence-corrected chi connectivity index (χ2v) is 3.58. The van der Waals surface area contributed by atoms with E-state index in [2.05, 4.69) is 0 Å². The first-order chi connectivity index (χ1) is 7.24. The van der Waals surface area contributed by atoms with Crippen LogP contribution >= 0.6 is 0 Å². The normalized spacial score (nSPS) is 16.9. The van der Waals surface area contributed by atoms with Crippen molar-refractivity contribution in [3.63, 3.8) is 0 Å². The standard InChI is InChI=1S/C11H13NO3/c1-8(6-13)12-7-15-10-5-3-2-4-9(10)11(12)14/h2-5,8,13H,6-7H2,1H3. The Bertz CT molecular complexity index is 378. The van der Waals surface area contributed by atoms with E-state index in [9.17, 15) is 4.79 Å². The lowest BCUT2D eigenvalue weighted by Gasteiger charge is -2.32. The number of para-hydroxylation sites is 1. The number of rotatable bonds is 2. The quantitative estimate of drug-likeness (QED) is 0.782. The molecule has 1 heterocycles. The molecule has 1 aliphatic rings. The van der Waals surface area contributed by atoms with Gasteiger partial charge < -0.3 is 14.7 Å². The first kappa shape index (κ1) is 9.98. The van der Waals surface area contributed by atoms with E-state index in [1.54, 1.807) is 25.1 Å². The van der Waals surface area contributed by atoms with Crippen LogP contribution in [0.1, 0.15) is 17.3 Å². The number of hydrogen-bond donors (Lipinski definition) is 1. The molecule has 4 heteroatoms. The summed E-state index contributed by atoms with van der Waals surface area (Å²) < 4.78 is 5.42. The summed E-state index contributed by atoms with van der Waals surface area (Å²) in [4.78, 5) is 13.5. The fourth-order valence-corrected chi connectivity index (χ4v) is 1.55. The lowest BCUT2D eigenvalue weighted by molar-refractivity contribution is 0.0306. The molecule has 1 aromatic carbocycles. The Balaban J connectivity index is 2.30. The Morgan fingerprint density at radius 2 is 2.27 bits per heavy atom. The Morgan fingerprint density at radius 3 is 3.00 bits per heavy atom. The number of fused-ring (bicyclic) bond motifs is 1. The Kier molecular flexibility index (Phi) is 2.60. The van der Waals surface area contributed by atoms with Gasteiger partial charge in [0.2, 0.25) is 0 Å². The summed E-state index contributed by atoms with van der Waals surface area (Å²) in [5.74, 6) is 0.530. The number of carbonyl (C=O) groups excluding carboxylic acids is 1. The molecule has 15 heavy (non-hydrogen) atoms. The number of aliphatic hydroxyl groups is 1. The van der Waals surface area contributed by atoms with Gasteiger partial charge in [0.25, 0.3) is 5.91 Å². The number of ether oxygens (including phenoxy) is 1. The van der Waals surface area contributed by atoms with Crippen molar-refractivity contribution in [2.24, 2.45) is 0 Å². The van der Waals surface area contributed by atoms with Crippen molar-refractivity contribution in [1.82, 2.24) is 4.90 Å². The molecule has 2 rings (SSSR count). The van der Waals surface area contributed by atoms with Gasteiger partial charge in [0.05, 0.1) is 18.2 Å². The highest BCUT2D eigenvalue weighted by molar-refractivity contribution is 5.97. The first-order valence-electron chi connectivity index (χ1n) is 4.87. The Labute approximate surface area is 88.1 Å². The summed E-state index contributed by atoms with van der Waals surface area (Å²) in [6.45, 7) is 1.93. The van der Waals surface area contributed by atoms with Crippen LogP contribution in [0.15, 0.2) is 24.3 Å². The SMILES string of the molecule is CC(CO)N1COc2ccccc2C1=O. The summed E-state index contributed by atoms with van der Waals surface area (Å²) in [5.41, 5.74) is 0.559. The van der Waals surface area contributed by atoms with Gasteiger partial charge >= 0.3 is 0 Å². The lowest BCUT2D eigenvalue weighted by Crippen LogP contribution is -2.45. The molecule has 0 spiro atoms. The second-order valence-electron chi connectivity index (χ2n) is 3.58. The molecule has 0 bridgehead atoms. The van der Waals surface area contributed by atoms with E-state index in [0.717, 1.165) is 0 Å². The maximum absolute atomic E-state index is 12.0. The highest BCUT2D eigenvalue weighted by atomic mass is 16.5. The summed E-state index contributed by atoms with van der Waals surface area (Å²) in [5, 5.41) is 9.00. The molecule has 0 aliphatic carbocycles. The highest BCUT2D eigenvalue weighted by Gasteiger charge is 2.28. The Hall–Kier alpha value is -1.55. The van der Waals surface area contributed by atoms with Crippen molar-refractivity contribution in [2.45, 2.75) is 13.0 Å². The number of hydrogen-bond acceptors (Lipinski definition) is 3. The van der Waals surface area contributed by atoms with Crippen LogP contribution in [0.25, 0.3) is 0 Å². The van der Waals surface area contributed by atoms with Crippen molar-refractivity contribution in [2.75, 3.05) is 13.3 Å². The number of benzene rings is 1. The summed E-state index contributed by atoms with van der Waals surface area (Å²) in [6.07, 6.45) is 0. The fraction of sp³-hybridized carbons (Fsp3) is 0.364. The molecule has 1 unspecified atom stereocenters. The second kappa shape index (κ2) is 3.90. The minimum atomic E-state index is -0.217. The highest BCUT2D eigenvalue weighted by Crippen LogP contribution is 2.25. The number of amides is 1. The molecule has 0 fully saturated rings. The van der Waals surface area contributed by atoms with Crippen LogP contribution in [-0.2, 0) is 0 Å². The van der Waals surface area contributed by atoms with E-state index in [-0.39, 0.29) is 25.3 Å². The van der Waals surface area contributed by atoms with E-state index in [1.165, 1.54) is 4.90 Å². The molecule has 1 atom stereocenters. The molecule has 1 N–H and O–H groups in total. The minimum absolute atomic E-state index is 0.0583. The number of aliphatic hydroxyl groups excluding tert-OH is 1. The molecule has 80 valence electrons. The molecular formula is C11H13NO3. The molecule has 1 amide bonds. The number of carbonyl (C=O) groups is 1. The molecule has 1 aliphatic heterocycles. The third kappa shape index (κ3) is 1.68. The van der Waals surface area contributed by atoms with Gasteiger partial charge in [0.1, 0.15) is 5.75 Å². The molecule has 0 saturated heterocycles. The molecule has 4 nitrogen and oxygen atoms in total. The largest absolute Gasteiger partial charge is 0.472 e. The summed E-state index contributed by atoms with van der Waals surface area (Å²) in [7, 11) is 0. The zero-order chi connectivity index (χ0) is 10.8. The van der Waals surface area contributed by atoms with Gasteiger partial charge in [-0.05, 0) is 19.1 Å². The zero-order valence-electron chi connectivity index (χ0n) is 8.51. The lowest BCUT2D eigenvalue weighted by atomic mass is 10.1. The zero-order valence-corrected chi connectivity index (χ0v) is 8.51. The van der Waals surface area contributed by atoms with Crippen molar-refractivity contribution in [3.8, 4) is 5.75 Å². The van der Waals surface area contributed by atoms with Gasteiger partial charge in [0.15, 0.2) is 6.73 Å². The summed E-state index contributed by atoms with van der Waals surface area (Å²) >= 11 is 0. The average Bonchev–Trinajstić information content (AvgIpc) is 2.29.